The van der Waals surface area contributed by atoms with Crippen molar-refractivity contribution in [3.05, 3.63) is 23.9 Å². The molecule has 0 bridgehead atoms. The van der Waals surface area contributed by atoms with E-state index in [0.29, 0.717) is 12.8 Å². The van der Waals surface area contributed by atoms with E-state index in [1.54, 1.807) is 0 Å². The normalized spacial score (nSPS) is 24.3. The van der Waals surface area contributed by atoms with Gasteiger partial charge in [0.1, 0.15) is 0 Å². The topological polar surface area (TPSA) is 108 Å². The highest BCUT2D eigenvalue weighted by atomic mass is 16.4. The molecule has 3 fully saturated rings. The van der Waals surface area contributed by atoms with Gasteiger partial charge in [0.15, 0.2) is 18.8 Å². The molecule has 1 aromatic heterocycles. The first kappa shape index (κ1) is 21.6. The van der Waals surface area contributed by atoms with Crippen LogP contribution in [0.4, 0.5) is 5.69 Å². The molecule has 3 aliphatic rings. The number of imide groups is 1. The summed E-state index contributed by atoms with van der Waals surface area (Å²) in [4.78, 5) is 37.5. The molecule has 9 nitrogen and oxygen atoms in total. The summed E-state index contributed by atoms with van der Waals surface area (Å²) >= 11 is 0. The van der Waals surface area contributed by atoms with E-state index in [9.17, 15) is 19.5 Å². The zero-order valence-electron chi connectivity index (χ0n) is 18.9. The predicted octanol–water partition coefficient (Wildman–Crippen LogP) is 1.64. The largest absolute Gasteiger partial charge is 0.481 e. The van der Waals surface area contributed by atoms with Gasteiger partial charge in [0.2, 0.25) is 11.8 Å². The van der Waals surface area contributed by atoms with Crippen LogP contribution in [-0.4, -0.2) is 69.1 Å². The lowest BCUT2D eigenvalue weighted by Crippen LogP contribution is -2.44. The average Bonchev–Trinajstić information content (AvgIpc) is 3.15. The fraction of sp³-hybridized carbons (Fsp3) is 0.542. The number of carboxylic acids is 1. The van der Waals surface area contributed by atoms with Gasteiger partial charge < -0.3 is 10.0 Å². The summed E-state index contributed by atoms with van der Waals surface area (Å²) < 4.78 is 4.27. The van der Waals surface area contributed by atoms with Gasteiger partial charge in [-0.3, -0.25) is 24.4 Å². The first-order valence-corrected chi connectivity index (χ1v) is 11.8. The molecule has 1 unspecified atom stereocenters. The van der Waals surface area contributed by atoms with Crippen molar-refractivity contribution < 1.29 is 24.1 Å². The number of hydrogen-bond acceptors (Lipinski definition) is 5. The van der Waals surface area contributed by atoms with Gasteiger partial charge in [0, 0.05) is 37.4 Å². The monoisotopic (exact) mass is 452 g/mol. The SMILES string of the molecule is Cn1nc(C2CCC(=O)NC2=O)c2ccc(N3CC[N+](=C4CCC(C(=O)O)CC4)CC3)cc21. The van der Waals surface area contributed by atoms with E-state index in [2.05, 4.69) is 32.0 Å². The van der Waals surface area contributed by atoms with E-state index in [-0.39, 0.29) is 17.7 Å². The number of carboxylic acid groups (broad SMARTS) is 1. The van der Waals surface area contributed by atoms with E-state index < -0.39 is 11.9 Å². The number of rotatable bonds is 3. The van der Waals surface area contributed by atoms with Crippen LogP contribution in [0.25, 0.3) is 10.9 Å². The summed E-state index contributed by atoms with van der Waals surface area (Å²) in [7, 11) is 1.89. The molecule has 1 atom stereocenters. The standard InChI is InChI=1S/C24H29N5O4/c1-27-20-14-17(6-7-18(20)22(26-27)19-8-9-21(30)25-23(19)31)29-12-10-28(11-13-29)16-4-2-15(3-5-16)24(32)33/h6-7,14-15,19H,2-5,8-13H2,1H3,(H-,25,30,31,32,33)/p+1. The summed E-state index contributed by atoms with van der Waals surface area (Å²) in [6.45, 7) is 3.71. The first-order chi connectivity index (χ1) is 15.9. The van der Waals surface area contributed by atoms with Crippen molar-refractivity contribution in [2.75, 3.05) is 31.1 Å². The number of piperazine rings is 1. The molecule has 33 heavy (non-hydrogen) atoms. The lowest BCUT2D eigenvalue weighted by Gasteiger charge is -2.29. The molecule has 2 aromatic rings. The summed E-state index contributed by atoms with van der Waals surface area (Å²) in [5.41, 5.74) is 4.26. The van der Waals surface area contributed by atoms with Crippen molar-refractivity contribution in [3.8, 4) is 0 Å². The molecular formula is C24H30N5O4+. The minimum atomic E-state index is -0.662. The molecule has 9 heteroatoms. The minimum absolute atomic E-state index is 0.189. The van der Waals surface area contributed by atoms with Crippen LogP contribution in [0.5, 0.6) is 0 Å². The number of fused-ring (bicyclic) bond motifs is 1. The molecule has 1 aliphatic carbocycles. The number of carbonyl (C=O) groups excluding carboxylic acids is 2. The van der Waals surface area contributed by atoms with Crippen molar-refractivity contribution in [3.63, 3.8) is 0 Å². The third-order valence-electron chi connectivity index (χ3n) is 7.44. The highest BCUT2D eigenvalue weighted by Gasteiger charge is 2.32. The fourth-order valence-corrected chi connectivity index (χ4v) is 5.48. The number of benzene rings is 1. The maximum absolute atomic E-state index is 12.4. The molecule has 2 N–H and O–H groups in total. The number of anilines is 1. The number of aryl methyl sites for hydroxylation is 1. The number of amides is 2. The third kappa shape index (κ3) is 4.12. The Morgan fingerprint density at radius 3 is 2.52 bits per heavy atom. The van der Waals surface area contributed by atoms with Crippen molar-refractivity contribution in [1.29, 1.82) is 0 Å². The van der Waals surface area contributed by atoms with Crippen LogP contribution in [0.15, 0.2) is 18.2 Å². The second-order valence-corrected chi connectivity index (χ2v) is 9.37. The Morgan fingerprint density at radius 1 is 1.12 bits per heavy atom. The van der Waals surface area contributed by atoms with E-state index in [0.717, 1.165) is 74.1 Å². The molecule has 2 saturated heterocycles. The smallest absolute Gasteiger partial charge is 0.306 e. The molecular weight excluding hydrogens is 422 g/mol. The Morgan fingerprint density at radius 2 is 1.85 bits per heavy atom. The third-order valence-corrected chi connectivity index (χ3v) is 7.44. The number of nitrogens with one attached hydrogen (secondary N) is 1. The van der Waals surface area contributed by atoms with Gasteiger partial charge >= 0.3 is 5.97 Å². The Hall–Kier alpha value is -3.23. The highest BCUT2D eigenvalue weighted by Crippen LogP contribution is 2.32. The van der Waals surface area contributed by atoms with Crippen LogP contribution >= 0.6 is 0 Å². The fourth-order valence-electron chi connectivity index (χ4n) is 5.48. The molecule has 174 valence electrons. The van der Waals surface area contributed by atoms with Crippen LogP contribution < -0.4 is 10.2 Å². The highest BCUT2D eigenvalue weighted by molar-refractivity contribution is 6.02. The van der Waals surface area contributed by atoms with Crippen LogP contribution in [0.1, 0.15) is 50.1 Å². The predicted molar refractivity (Wildman–Crippen MR) is 123 cm³/mol. The summed E-state index contributed by atoms with van der Waals surface area (Å²) in [6, 6.07) is 6.28. The zero-order valence-corrected chi connectivity index (χ0v) is 18.9. The quantitative estimate of drug-likeness (QED) is 0.542. The van der Waals surface area contributed by atoms with Crippen molar-refractivity contribution in [2.24, 2.45) is 13.0 Å². The lowest BCUT2D eigenvalue weighted by molar-refractivity contribution is -0.532. The molecule has 2 amide bonds. The van der Waals surface area contributed by atoms with Gasteiger partial charge in [-0.05, 0) is 37.5 Å². The van der Waals surface area contributed by atoms with Gasteiger partial charge in [0.25, 0.3) is 0 Å². The van der Waals surface area contributed by atoms with Gasteiger partial charge in [-0.15, -0.1) is 0 Å². The molecule has 5 rings (SSSR count). The molecule has 2 aliphatic heterocycles. The van der Waals surface area contributed by atoms with Crippen molar-refractivity contribution in [2.45, 2.75) is 44.4 Å². The Balaban J connectivity index is 1.30. The van der Waals surface area contributed by atoms with Gasteiger partial charge in [-0.25, -0.2) is 4.58 Å². The molecule has 3 heterocycles. The summed E-state index contributed by atoms with van der Waals surface area (Å²) in [6.07, 6.45) is 4.11. The Bertz CT molecular complexity index is 1150. The van der Waals surface area contributed by atoms with Crippen molar-refractivity contribution >= 4 is 40.1 Å². The maximum atomic E-state index is 12.4. The number of carbonyl (C=O) groups is 3. The molecule has 1 aromatic carbocycles. The van der Waals surface area contributed by atoms with Crippen LogP contribution in [0.3, 0.4) is 0 Å². The second-order valence-electron chi connectivity index (χ2n) is 9.37. The van der Waals surface area contributed by atoms with Gasteiger partial charge in [0.05, 0.1) is 36.1 Å². The number of nitrogens with zero attached hydrogens (tertiary/aromatic N) is 4. The molecule has 1 saturated carbocycles. The number of hydrogen-bond donors (Lipinski definition) is 2. The minimum Gasteiger partial charge on any atom is -0.481 e. The summed E-state index contributed by atoms with van der Waals surface area (Å²) in [5.74, 6) is -1.72. The number of aliphatic carboxylic acids is 1. The van der Waals surface area contributed by atoms with E-state index >= 15 is 0 Å². The lowest BCUT2D eigenvalue weighted by atomic mass is 9.87. The zero-order chi connectivity index (χ0) is 23.1. The average molecular weight is 453 g/mol. The Kier molecular flexibility index (Phi) is 5.64. The molecule has 0 radical (unpaired) electrons. The summed E-state index contributed by atoms with van der Waals surface area (Å²) in [5, 5.41) is 17.3. The van der Waals surface area contributed by atoms with Crippen molar-refractivity contribution in [1.82, 2.24) is 15.1 Å². The Labute approximate surface area is 192 Å². The van der Waals surface area contributed by atoms with E-state index in [1.807, 2.05) is 17.8 Å². The van der Waals surface area contributed by atoms with E-state index in [4.69, 9.17) is 0 Å². The number of aromatic nitrogens is 2. The van der Waals surface area contributed by atoms with Crippen LogP contribution in [0.2, 0.25) is 0 Å². The maximum Gasteiger partial charge on any atom is 0.306 e. The van der Waals surface area contributed by atoms with Crippen LogP contribution in [0, 0.1) is 5.92 Å². The van der Waals surface area contributed by atoms with Gasteiger partial charge in [-0.2, -0.15) is 5.10 Å². The van der Waals surface area contributed by atoms with E-state index in [1.165, 1.54) is 5.71 Å². The first-order valence-electron chi connectivity index (χ1n) is 11.8. The van der Waals surface area contributed by atoms with Gasteiger partial charge in [-0.1, -0.05) is 0 Å². The number of piperidine rings is 1. The molecule has 0 spiro atoms. The second kappa shape index (κ2) is 8.61. The van der Waals surface area contributed by atoms with Crippen LogP contribution in [-0.2, 0) is 21.4 Å².